The highest BCUT2D eigenvalue weighted by atomic mass is 16.6. The molecular weight excluding hydrogens is 230 g/mol. The third kappa shape index (κ3) is 3.74. The van der Waals surface area contributed by atoms with E-state index in [9.17, 15) is 9.90 Å². The van der Waals surface area contributed by atoms with Crippen LogP contribution < -0.4 is 5.32 Å². The molecule has 4 heteroatoms. The number of amides is 1. The number of benzene rings is 1. The third-order valence-corrected chi connectivity index (χ3v) is 3.20. The van der Waals surface area contributed by atoms with E-state index >= 15 is 0 Å². The van der Waals surface area contributed by atoms with Gasteiger partial charge in [0.2, 0.25) is 0 Å². The Bertz CT molecular complexity index is 380. The molecule has 0 spiro atoms. The molecule has 0 heterocycles. The van der Waals surface area contributed by atoms with Crippen LogP contribution in [-0.4, -0.2) is 23.4 Å². The van der Waals surface area contributed by atoms with Crippen LogP contribution >= 0.6 is 0 Å². The molecule has 1 aliphatic rings. The number of anilines is 1. The lowest BCUT2D eigenvalue weighted by Gasteiger charge is -2.20. The van der Waals surface area contributed by atoms with Gasteiger partial charge in [0.05, 0.1) is 6.10 Å². The Morgan fingerprint density at radius 3 is 2.67 bits per heavy atom. The summed E-state index contributed by atoms with van der Waals surface area (Å²) in [5.41, 5.74) is 0.700. The first kappa shape index (κ1) is 12.9. The predicted molar refractivity (Wildman–Crippen MR) is 69.4 cm³/mol. The quantitative estimate of drug-likeness (QED) is 0.792. The van der Waals surface area contributed by atoms with Crippen LogP contribution in [-0.2, 0) is 4.74 Å². The van der Waals surface area contributed by atoms with Gasteiger partial charge in [0.15, 0.2) is 0 Å². The van der Waals surface area contributed by atoms with Crippen molar-refractivity contribution < 1.29 is 14.6 Å². The van der Waals surface area contributed by atoms with Gasteiger partial charge in [0.25, 0.3) is 0 Å². The number of aliphatic hydroxyl groups is 1. The maximum Gasteiger partial charge on any atom is 0.411 e. The van der Waals surface area contributed by atoms with Crippen molar-refractivity contribution >= 4 is 11.8 Å². The first-order valence-electron chi connectivity index (χ1n) is 6.46. The molecule has 18 heavy (non-hydrogen) atoms. The highest BCUT2D eigenvalue weighted by molar-refractivity contribution is 5.84. The largest absolute Gasteiger partial charge is 0.443 e. The highest BCUT2D eigenvalue weighted by Gasteiger charge is 2.25. The molecule has 1 fully saturated rings. The predicted octanol–water partition coefficient (Wildman–Crippen LogP) is 2.93. The number of carbonyl (C=O) groups is 1. The van der Waals surface area contributed by atoms with Crippen molar-refractivity contribution in [2.45, 2.75) is 44.3 Å². The SMILES string of the molecule is O=C(Nc1ccccc1)O[C@H]1CCCCC[C@H]1O. The molecule has 2 rings (SSSR count). The van der Waals surface area contributed by atoms with Gasteiger partial charge >= 0.3 is 6.09 Å². The molecule has 0 saturated heterocycles. The van der Waals surface area contributed by atoms with Crippen molar-refractivity contribution in [3.63, 3.8) is 0 Å². The van der Waals surface area contributed by atoms with Gasteiger partial charge < -0.3 is 9.84 Å². The maximum absolute atomic E-state index is 11.7. The number of nitrogens with one attached hydrogen (secondary N) is 1. The molecule has 1 aromatic carbocycles. The van der Waals surface area contributed by atoms with Crippen LogP contribution in [0, 0.1) is 0 Å². The van der Waals surface area contributed by atoms with Gasteiger partial charge in [-0.15, -0.1) is 0 Å². The lowest BCUT2D eigenvalue weighted by molar-refractivity contribution is 0.00484. The molecule has 1 amide bonds. The number of aliphatic hydroxyl groups excluding tert-OH is 1. The summed E-state index contributed by atoms with van der Waals surface area (Å²) in [6, 6.07) is 9.16. The van der Waals surface area contributed by atoms with E-state index in [1.807, 2.05) is 18.2 Å². The summed E-state index contributed by atoms with van der Waals surface area (Å²) < 4.78 is 5.29. The van der Waals surface area contributed by atoms with Gasteiger partial charge in [0, 0.05) is 5.69 Å². The Morgan fingerprint density at radius 2 is 1.89 bits per heavy atom. The van der Waals surface area contributed by atoms with Gasteiger partial charge in [-0.25, -0.2) is 4.79 Å². The van der Waals surface area contributed by atoms with E-state index < -0.39 is 12.2 Å². The van der Waals surface area contributed by atoms with Crippen LogP contribution in [0.2, 0.25) is 0 Å². The lowest BCUT2D eigenvalue weighted by Crippen LogP contribution is -2.32. The van der Waals surface area contributed by atoms with E-state index in [1.165, 1.54) is 0 Å². The maximum atomic E-state index is 11.7. The van der Waals surface area contributed by atoms with Crippen LogP contribution in [0.3, 0.4) is 0 Å². The second kappa shape index (κ2) is 6.40. The second-order valence-corrected chi connectivity index (χ2v) is 4.64. The molecule has 1 saturated carbocycles. The number of ether oxygens (including phenoxy) is 1. The van der Waals surface area contributed by atoms with Crippen LogP contribution in [0.15, 0.2) is 30.3 Å². The van der Waals surface area contributed by atoms with Crippen LogP contribution in [0.25, 0.3) is 0 Å². The standard InChI is InChI=1S/C14H19NO3/c16-12-9-5-2-6-10-13(12)18-14(17)15-11-7-3-1-4-8-11/h1,3-4,7-8,12-13,16H,2,5-6,9-10H2,(H,15,17)/t12-,13+/m1/s1. The van der Waals surface area contributed by atoms with Crippen molar-refractivity contribution in [1.82, 2.24) is 0 Å². The summed E-state index contributed by atoms with van der Waals surface area (Å²) in [4.78, 5) is 11.7. The molecule has 1 aliphatic carbocycles. The molecular formula is C14H19NO3. The van der Waals surface area contributed by atoms with Crippen molar-refractivity contribution in [1.29, 1.82) is 0 Å². The Hall–Kier alpha value is -1.55. The molecule has 0 unspecified atom stereocenters. The molecule has 0 radical (unpaired) electrons. The van der Waals surface area contributed by atoms with Crippen molar-refractivity contribution in [2.24, 2.45) is 0 Å². The van der Waals surface area contributed by atoms with E-state index in [0.29, 0.717) is 12.1 Å². The number of rotatable bonds is 2. The number of hydrogen-bond donors (Lipinski definition) is 2. The van der Waals surface area contributed by atoms with Crippen LogP contribution in [0.5, 0.6) is 0 Å². The normalized spacial score (nSPS) is 24.1. The number of carbonyl (C=O) groups excluding carboxylic acids is 1. The third-order valence-electron chi connectivity index (χ3n) is 3.20. The Kier molecular flexibility index (Phi) is 4.59. The van der Waals surface area contributed by atoms with Crippen LogP contribution in [0.4, 0.5) is 10.5 Å². The molecule has 2 N–H and O–H groups in total. The summed E-state index contributed by atoms with van der Waals surface area (Å²) in [7, 11) is 0. The fourth-order valence-electron chi connectivity index (χ4n) is 2.20. The van der Waals surface area contributed by atoms with E-state index in [1.54, 1.807) is 12.1 Å². The monoisotopic (exact) mass is 249 g/mol. The number of hydrogen-bond acceptors (Lipinski definition) is 3. The first-order chi connectivity index (χ1) is 8.75. The average molecular weight is 249 g/mol. The molecule has 4 nitrogen and oxygen atoms in total. The first-order valence-corrected chi connectivity index (χ1v) is 6.46. The molecule has 2 atom stereocenters. The van der Waals surface area contributed by atoms with Crippen molar-refractivity contribution in [2.75, 3.05) is 5.32 Å². The smallest absolute Gasteiger partial charge is 0.411 e. The summed E-state index contributed by atoms with van der Waals surface area (Å²) in [6.45, 7) is 0. The zero-order valence-corrected chi connectivity index (χ0v) is 10.3. The van der Waals surface area contributed by atoms with Gasteiger partial charge in [-0.05, 0) is 31.4 Å². The van der Waals surface area contributed by atoms with Crippen LogP contribution in [0.1, 0.15) is 32.1 Å². The van der Waals surface area contributed by atoms with Crippen molar-refractivity contribution in [3.8, 4) is 0 Å². The fourth-order valence-corrected chi connectivity index (χ4v) is 2.20. The number of para-hydroxylation sites is 1. The van der Waals surface area contributed by atoms with E-state index in [4.69, 9.17) is 4.74 Å². The molecule has 1 aromatic rings. The Labute approximate surface area is 107 Å². The fraction of sp³-hybridized carbons (Fsp3) is 0.500. The lowest BCUT2D eigenvalue weighted by atomic mass is 10.1. The van der Waals surface area contributed by atoms with E-state index in [0.717, 1.165) is 25.7 Å². The highest BCUT2D eigenvalue weighted by Crippen LogP contribution is 2.21. The zero-order chi connectivity index (χ0) is 12.8. The molecule has 98 valence electrons. The Balaban J connectivity index is 1.86. The summed E-state index contributed by atoms with van der Waals surface area (Å²) in [5, 5.41) is 12.5. The minimum Gasteiger partial charge on any atom is -0.443 e. The van der Waals surface area contributed by atoms with Crippen molar-refractivity contribution in [3.05, 3.63) is 30.3 Å². The molecule has 0 aliphatic heterocycles. The average Bonchev–Trinajstić information content (AvgIpc) is 2.56. The minimum atomic E-state index is -0.533. The topological polar surface area (TPSA) is 58.6 Å². The zero-order valence-electron chi connectivity index (χ0n) is 10.3. The van der Waals surface area contributed by atoms with Gasteiger partial charge in [0.1, 0.15) is 6.10 Å². The minimum absolute atomic E-state index is 0.379. The summed E-state index contributed by atoms with van der Waals surface area (Å²) in [6.07, 6.45) is 3.14. The molecule has 0 bridgehead atoms. The summed E-state index contributed by atoms with van der Waals surface area (Å²) in [5.74, 6) is 0. The Morgan fingerprint density at radius 1 is 1.17 bits per heavy atom. The van der Waals surface area contributed by atoms with E-state index in [2.05, 4.69) is 5.32 Å². The van der Waals surface area contributed by atoms with Gasteiger partial charge in [-0.2, -0.15) is 0 Å². The molecule has 0 aromatic heterocycles. The van der Waals surface area contributed by atoms with E-state index in [-0.39, 0.29) is 6.10 Å². The second-order valence-electron chi connectivity index (χ2n) is 4.64. The van der Waals surface area contributed by atoms with Gasteiger partial charge in [-0.1, -0.05) is 31.0 Å². The summed E-state index contributed by atoms with van der Waals surface area (Å²) >= 11 is 0. The van der Waals surface area contributed by atoms with Gasteiger partial charge in [-0.3, -0.25) is 5.32 Å².